The van der Waals surface area contributed by atoms with Crippen LogP contribution in [0.1, 0.15) is 15.2 Å². The van der Waals surface area contributed by atoms with Crippen LogP contribution in [0.25, 0.3) is 0 Å². The summed E-state index contributed by atoms with van der Waals surface area (Å²) in [6.07, 6.45) is 0. The number of nitrogens with zero attached hydrogens (tertiary/aromatic N) is 1. The van der Waals surface area contributed by atoms with E-state index in [0.717, 1.165) is 4.88 Å². The van der Waals surface area contributed by atoms with Crippen LogP contribution in [0.4, 0.5) is 10.1 Å². The van der Waals surface area contributed by atoms with Crippen LogP contribution in [-0.2, 0) is 11.4 Å². The number of rotatable bonds is 7. The summed E-state index contributed by atoms with van der Waals surface area (Å²) in [5.41, 5.74) is 0.763. The second-order valence-electron chi connectivity index (χ2n) is 6.12. The number of anilines is 1. The largest absolute Gasteiger partial charge is 0.488 e. The maximum Gasteiger partial charge on any atom is 0.254 e. The smallest absolute Gasteiger partial charge is 0.254 e. The lowest BCUT2D eigenvalue weighted by Gasteiger charge is -2.17. The molecule has 0 radical (unpaired) electrons. The van der Waals surface area contributed by atoms with Crippen LogP contribution in [-0.4, -0.2) is 30.3 Å². The molecule has 0 saturated heterocycles. The summed E-state index contributed by atoms with van der Waals surface area (Å²) in [5.74, 6) is -0.582. The number of nitrogens with one attached hydrogen (secondary N) is 1. The maximum absolute atomic E-state index is 13.2. The maximum atomic E-state index is 13.2. The molecule has 0 aliphatic carbocycles. The molecule has 28 heavy (non-hydrogen) atoms. The molecule has 0 atom stereocenters. The minimum atomic E-state index is -0.443. The van der Waals surface area contributed by atoms with E-state index < -0.39 is 11.7 Å². The monoisotopic (exact) mass is 398 g/mol. The highest BCUT2D eigenvalue weighted by atomic mass is 32.1. The molecule has 0 unspecified atom stereocenters. The van der Waals surface area contributed by atoms with E-state index >= 15 is 0 Å². The van der Waals surface area contributed by atoms with Crippen molar-refractivity contribution in [3.8, 4) is 5.75 Å². The van der Waals surface area contributed by atoms with Crippen molar-refractivity contribution in [2.45, 2.75) is 6.61 Å². The fourth-order valence-corrected chi connectivity index (χ4v) is 3.16. The van der Waals surface area contributed by atoms with Crippen LogP contribution >= 0.6 is 11.3 Å². The lowest BCUT2D eigenvalue weighted by Crippen LogP contribution is -2.34. The van der Waals surface area contributed by atoms with Crippen LogP contribution < -0.4 is 10.1 Å². The molecule has 2 aromatic carbocycles. The second kappa shape index (κ2) is 9.14. The van der Waals surface area contributed by atoms with Crippen LogP contribution in [0.15, 0.2) is 66.0 Å². The summed E-state index contributed by atoms with van der Waals surface area (Å²) in [5, 5.41) is 4.55. The van der Waals surface area contributed by atoms with Gasteiger partial charge in [-0.05, 0) is 47.8 Å². The van der Waals surface area contributed by atoms with Gasteiger partial charge in [0.25, 0.3) is 5.91 Å². The average molecular weight is 398 g/mol. The van der Waals surface area contributed by atoms with Gasteiger partial charge in [-0.15, -0.1) is 11.3 Å². The fraction of sp³-hybridized carbons (Fsp3) is 0.143. The Balaban J connectivity index is 1.57. The normalized spacial score (nSPS) is 10.4. The minimum Gasteiger partial charge on any atom is -0.488 e. The van der Waals surface area contributed by atoms with Crippen LogP contribution in [0.3, 0.4) is 0 Å². The van der Waals surface area contributed by atoms with Crippen molar-refractivity contribution in [2.75, 3.05) is 18.9 Å². The van der Waals surface area contributed by atoms with Crippen molar-refractivity contribution in [3.05, 3.63) is 82.3 Å². The molecule has 0 aliphatic heterocycles. The van der Waals surface area contributed by atoms with Crippen molar-refractivity contribution >= 4 is 28.8 Å². The highest BCUT2D eigenvalue weighted by molar-refractivity contribution is 7.09. The summed E-state index contributed by atoms with van der Waals surface area (Å²) >= 11 is 1.60. The Morgan fingerprint density at radius 1 is 1.11 bits per heavy atom. The van der Waals surface area contributed by atoms with Gasteiger partial charge in [-0.2, -0.15) is 0 Å². The van der Waals surface area contributed by atoms with Gasteiger partial charge in [-0.25, -0.2) is 4.39 Å². The first-order chi connectivity index (χ1) is 13.5. The second-order valence-corrected chi connectivity index (χ2v) is 7.15. The zero-order valence-electron chi connectivity index (χ0n) is 15.2. The van der Waals surface area contributed by atoms with Crippen molar-refractivity contribution in [3.63, 3.8) is 0 Å². The number of thiophene rings is 1. The number of carbonyl (C=O) groups excluding carboxylic acids is 2. The Hall–Kier alpha value is -3.19. The molecule has 5 nitrogen and oxygen atoms in total. The van der Waals surface area contributed by atoms with Gasteiger partial charge in [0, 0.05) is 23.2 Å². The summed E-state index contributed by atoms with van der Waals surface area (Å²) in [6, 6.07) is 16.3. The van der Waals surface area contributed by atoms with Crippen LogP contribution in [0.2, 0.25) is 0 Å². The van der Waals surface area contributed by atoms with Gasteiger partial charge in [0.15, 0.2) is 0 Å². The van der Waals surface area contributed by atoms with Crippen molar-refractivity contribution in [1.82, 2.24) is 4.90 Å². The lowest BCUT2D eigenvalue weighted by molar-refractivity contribution is -0.116. The zero-order chi connectivity index (χ0) is 19.9. The summed E-state index contributed by atoms with van der Waals surface area (Å²) in [6.45, 7) is 0.275. The third-order valence-electron chi connectivity index (χ3n) is 3.88. The SMILES string of the molecule is CN(CC(=O)Nc1cccc(F)c1)C(=O)c1cccc(OCc2cccs2)c1. The van der Waals surface area contributed by atoms with Crippen molar-refractivity contribution in [2.24, 2.45) is 0 Å². The molecule has 7 heteroatoms. The zero-order valence-corrected chi connectivity index (χ0v) is 16.0. The molecule has 0 aliphatic rings. The van der Waals surface area contributed by atoms with Gasteiger partial charge in [0.1, 0.15) is 18.2 Å². The fourth-order valence-electron chi connectivity index (χ4n) is 2.54. The average Bonchev–Trinajstić information content (AvgIpc) is 3.19. The molecular formula is C21H19FN2O3S. The third kappa shape index (κ3) is 5.40. The number of halogens is 1. The van der Waals surface area contributed by atoms with Gasteiger partial charge in [-0.3, -0.25) is 9.59 Å². The quantitative estimate of drug-likeness (QED) is 0.650. The van der Waals surface area contributed by atoms with E-state index in [1.165, 1.54) is 30.1 Å². The van der Waals surface area contributed by atoms with Crippen LogP contribution in [0, 0.1) is 5.82 Å². The van der Waals surface area contributed by atoms with E-state index in [1.807, 2.05) is 17.5 Å². The summed E-state index contributed by atoms with van der Waals surface area (Å²) in [4.78, 5) is 27.1. The molecule has 0 spiro atoms. The number of hydrogen-bond acceptors (Lipinski definition) is 4. The van der Waals surface area contributed by atoms with Crippen molar-refractivity contribution < 1.29 is 18.7 Å². The summed E-state index contributed by atoms with van der Waals surface area (Å²) < 4.78 is 18.9. The third-order valence-corrected chi connectivity index (χ3v) is 4.73. The Kier molecular flexibility index (Phi) is 6.39. The molecule has 2 amide bonds. The molecule has 0 saturated carbocycles. The van der Waals surface area contributed by atoms with Crippen LogP contribution in [0.5, 0.6) is 5.75 Å². The van der Waals surface area contributed by atoms with E-state index in [4.69, 9.17) is 4.74 Å². The summed E-state index contributed by atoms with van der Waals surface area (Å²) in [7, 11) is 1.53. The highest BCUT2D eigenvalue weighted by Crippen LogP contribution is 2.18. The van der Waals surface area contributed by atoms with E-state index in [-0.39, 0.29) is 12.5 Å². The standard InChI is InChI=1S/C21H19FN2O3S/c1-24(13-20(25)23-17-7-3-6-16(22)12-17)21(26)15-5-2-8-18(11-15)27-14-19-9-4-10-28-19/h2-12H,13-14H2,1H3,(H,23,25). The van der Waals surface area contributed by atoms with Crippen molar-refractivity contribution in [1.29, 1.82) is 0 Å². The van der Waals surface area contributed by atoms with E-state index in [2.05, 4.69) is 5.32 Å². The van der Waals surface area contributed by atoms with Gasteiger partial charge >= 0.3 is 0 Å². The molecule has 3 aromatic rings. The Bertz CT molecular complexity index is 960. The molecule has 0 fully saturated rings. The number of hydrogen-bond donors (Lipinski definition) is 1. The molecule has 1 heterocycles. The Morgan fingerprint density at radius 3 is 2.68 bits per heavy atom. The molecule has 144 valence electrons. The predicted molar refractivity (Wildman–Crippen MR) is 107 cm³/mol. The predicted octanol–water partition coefficient (Wildman–Crippen LogP) is 4.18. The van der Waals surface area contributed by atoms with Gasteiger partial charge in [0.05, 0.1) is 6.54 Å². The number of likely N-dealkylation sites (N-methyl/N-ethyl adjacent to an activating group) is 1. The first-order valence-corrected chi connectivity index (χ1v) is 9.45. The number of ether oxygens (including phenoxy) is 1. The van der Waals surface area contributed by atoms with Gasteiger partial charge < -0.3 is 15.0 Å². The first-order valence-electron chi connectivity index (χ1n) is 8.57. The van der Waals surface area contributed by atoms with Gasteiger partial charge in [0.2, 0.25) is 5.91 Å². The molecule has 1 aromatic heterocycles. The Morgan fingerprint density at radius 2 is 1.93 bits per heavy atom. The number of carbonyl (C=O) groups is 2. The molecule has 1 N–H and O–H groups in total. The lowest BCUT2D eigenvalue weighted by atomic mass is 10.2. The number of benzene rings is 2. The van der Waals surface area contributed by atoms with E-state index in [9.17, 15) is 14.0 Å². The molecular weight excluding hydrogens is 379 g/mol. The van der Waals surface area contributed by atoms with E-state index in [0.29, 0.717) is 23.6 Å². The topological polar surface area (TPSA) is 58.6 Å². The molecule has 0 bridgehead atoms. The van der Waals surface area contributed by atoms with Gasteiger partial charge in [-0.1, -0.05) is 18.2 Å². The minimum absolute atomic E-state index is 0.157. The molecule has 3 rings (SSSR count). The first kappa shape index (κ1) is 19.6. The number of amides is 2. The Labute approximate surface area is 166 Å². The van der Waals surface area contributed by atoms with E-state index in [1.54, 1.807) is 41.7 Å². The highest BCUT2D eigenvalue weighted by Gasteiger charge is 2.16.